The van der Waals surface area contributed by atoms with Crippen molar-refractivity contribution in [1.82, 2.24) is 0 Å². The van der Waals surface area contributed by atoms with Crippen LogP contribution in [0.5, 0.6) is 0 Å². The summed E-state index contributed by atoms with van der Waals surface area (Å²) in [5, 5.41) is 17.9. The highest BCUT2D eigenvalue weighted by molar-refractivity contribution is 6.58. The SMILES string of the molecule is OB(O)c1ccc(CN[n+]2ccccc2)cc1. The lowest BCUT2D eigenvalue weighted by atomic mass is 9.80. The Labute approximate surface area is 100 Å². The monoisotopic (exact) mass is 229 g/mol. The molecule has 0 radical (unpaired) electrons. The second kappa shape index (κ2) is 5.47. The zero-order valence-electron chi connectivity index (χ0n) is 9.32. The van der Waals surface area contributed by atoms with Gasteiger partial charge in [-0.15, -0.1) is 0 Å². The molecule has 0 aliphatic heterocycles. The average molecular weight is 229 g/mol. The van der Waals surface area contributed by atoms with Crippen LogP contribution in [0.1, 0.15) is 5.56 Å². The van der Waals surface area contributed by atoms with Crippen molar-refractivity contribution in [1.29, 1.82) is 0 Å². The lowest BCUT2D eigenvalue weighted by molar-refractivity contribution is -0.651. The third-order valence-electron chi connectivity index (χ3n) is 2.46. The van der Waals surface area contributed by atoms with Crippen molar-refractivity contribution in [2.24, 2.45) is 0 Å². The molecule has 0 saturated carbocycles. The Morgan fingerprint density at radius 3 is 2.24 bits per heavy atom. The van der Waals surface area contributed by atoms with Crippen molar-refractivity contribution < 1.29 is 14.7 Å². The first kappa shape index (κ1) is 11.6. The van der Waals surface area contributed by atoms with Crippen molar-refractivity contribution in [3.63, 3.8) is 0 Å². The van der Waals surface area contributed by atoms with Gasteiger partial charge in [-0.2, -0.15) is 5.43 Å². The van der Waals surface area contributed by atoms with Crippen LogP contribution in [0.4, 0.5) is 0 Å². The Hall–Kier alpha value is -1.85. The molecule has 5 heteroatoms. The molecule has 0 atom stereocenters. The predicted octanol–water partition coefficient (Wildman–Crippen LogP) is -0.602. The second-order valence-corrected chi connectivity index (χ2v) is 3.73. The van der Waals surface area contributed by atoms with Gasteiger partial charge in [0, 0.05) is 12.1 Å². The van der Waals surface area contributed by atoms with E-state index in [-0.39, 0.29) is 0 Å². The highest BCUT2D eigenvalue weighted by Gasteiger charge is 2.09. The maximum absolute atomic E-state index is 8.96. The molecular formula is C12H14BN2O2+. The minimum atomic E-state index is -1.40. The lowest BCUT2D eigenvalue weighted by Crippen LogP contribution is -2.43. The molecule has 2 aromatic rings. The van der Waals surface area contributed by atoms with E-state index >= 15 is 0 Å². The molecule has 0 bridgehead atoms. The minimum Gasteiger partial charge on any atom is -0.423 e. The number of pyridine rings is 1. The second-order valence-electron chi connectivity index (χ2n) is 3.73. The van der Waals surface area contributed by atoms with Gasteiger partial charge >= 0.3 is 7.12 Å². The van der Waals surface area contributed by atoms with E-state index < -0.39 is 7.12 Å². The molecule has 0 fully saturated rings. The summed E-state index contributed by atoms with van der Waals surface area (Å²) >= 11 is 0. The van der Waals surface area contributed by atoms with Crippen LogP contribution in [0.3, 0.4) is 0 Å². The Bertz CT molecular complexity index is 460. The number of nitrogens with zero attached hydrogens (tertiary/aromatic N) is 1. The van der Waals surface area contributed by atoms with Crippen LogP contribution in [0.2, 0.25) is 0 Å². The first-order chi connectivity index (χ1) is 8.25. The fraction of sp³-hybridized carbons (Fsp3) is 0.0833. The van der Waals surface area contributed by atoms with Crippen LogP contribution >= 0.6 is 0 Å². The maximum Gasteiger partial charge on any atom is 0.488 e. The third-order valence-corrected chi connectivity index (χ3v) is 2.46. The van der Waals surface area contributed by atoms with Crippen LogP contribution in [0.25, 0.3) is 0 Å². The van der Waals surface area contributed by atoms with Crippen LogP contribution in [-0.2, 0) is 6.54 Å². The van der Waals surface area contributed by atoms with E-state index in [0.29, 0.717) is 12.0 Å². The normalized spacial score (nSPS) is 10.0. The van der Waals surface area contributed by atoms with Crippen molar-refractivity contribution >= 4 is 12.6 Å². The van der Waals surface area contributed by atoms with Crippen LogP contribution < -0.4 is 15.6 Å². The van der Waals surface area contributed by atoms with Crippen molar-refractivity contribution in [3.8, 4) is 0 Å². The summed E-state index contributed by atoms with van der Waals surface area (Å²) in [6, 6.07) is 13.0. The van der Waals surface area contributed by atoms with Crippen molar-refractivity contribution in [2.45, 2.75) is 6.54 Å². The van der Waals surface area contributed by atoms with E-state index in [1.54, 1.807) is 12.1 Å². The quantitative estimate of drug-likeness (QED) is 0.484. The Kier molecular flexibility index (Phi) is 3.75. The first-order valence-corrected chi connectivity index (χ1v) is 5.41. The van der Waals surface area contributed by atoms with Gasteiger partial charge in [-0.25, -0.2) is 0 Å². The third kappa shape index (κ3) is 3.30. The Morgan fingerprint density at radius 2 is 1.65 bits per heavy atom. The van der Waals surface area contributed by atoms with Crippen LogP contribution in [0, 0.1) is 0 Å². The molecule has 4 nitrogen and oxygen atoms in total. The molecule has 17 heavy (non-hydrogen) atoms. The Balaban J connectivity index is 1.96. The van der Waals surface area contributed by atoms with Gasteiger partial charge in [0.1, 0.15) is 0 Å². The molecule has 1 aromatic heterocycles. The van der Waals surface area contributed by atoms with E-state index in [2.05, 4.69) is 5.43 Å². The van der Waals surface area contributed by atoms with E-state index in [9.17, 15) is 0 Å². The van der Waals surface area contributed by atoms with Gasteiger partial charge in [0.05, 0.1) is 6.54 Å². The maximum atomic E-state index is 8.96. The average Bonchev–Trinajstić information content (AvgIpc) is 2.38. The molecular weight excluding hydrogens is 215 g/mol. The molecule has 3 N–H and O–H groups in total. The van der Waals surface area contributed by atoms with E-state index in [4.69, 9.17) is 10.0 Å². The molecule has 0 amide bonds. The van der Waals surface area contributed by atoms with Gasteiger partial charge in [0.25, 0.3) is 0 Å². The summed E-state index contributed by atoms with van der Waals surface area (Å²) in [4.78, 5) is 0. The highest BCUT2D eigenvalue weighted by Crippen LogP contribution is 1.96. The molecule has 86 valence electrons. The molecule has 0 unspecified atom stereocenters. The summed E-state index contributed by atoms with van der Waals surface area (Å²) < 4.78 is 1.87. The molecule has 1 aromatic carbocycles. The lowest BCUT2D eigenvalue weighted by Gasteiger charge is -2.03. The zero-order valence-corrected chi connectivity index (χ0v) is 9.32. The highest BCUT2D eigenvalue weighted by atomic mass is 16.4. The number of nitrogens with one attached hydrogen (secondary N) is 1. The fourth-order valence-electron chi connectivity index (χ4n) is 1.49. The summed E-state index contributed by atoms with van der Waals surface area (Å²) in [6.07, 6.45) is 3.84. The fourth-order valence-corrected chi connectivity index (χ4v) is 1.49. The van der Waals surface area contributed by atoms with Gasteiger partial charge in [-0.3, -0.25) is 0 Å². The first-order valence-electron chi connectivity index (χ1n) is 5.41. The van der Waals surface area contributed by atoms with Gasteiger partial charge in [0.15, 0.2) is 12.4 Å². The molecule has 0 spiro atoms. The van der Waals surface area contributed by atoms with Gasteiger partial charge in [-0.05, 0) is 11.0 Å². The standard InChI is InChI=1S/C12H14BN2O2/c16-13(17)12-6-4-11(5-7-12)10-14-15-8-2-1-3-9-15/h1-9,14,16-17H,10H2/q+1. The van der Waals surface area contributed by atoms with Crippen LogP contribution in [0.15, 0.2) is 54.9 Å². The van der Waals surface area contributed by atoms with E-state index in [1.807, 2.05) is 47.4 Å². The van der Waals surface area contributed by atoms with Gasteiger partial charge < -0.3 is 10.0 Å². The van der Waals surface area contributed by atoms with E-state index in [0.717, 1.165) is 5.56 Å². The Morgan fingerprint density at radius 1 is 1.00 bits per heavy atom. The smallest absolute Gasteiger partial charge is 0.423 e. The number of hydrogen-bond donors (Lipinski definition) is 3. The van der Waals surface area contributed by atoms with Crippen molar-refractivity contribution in [2.75, 3.05) is 5.43 Å². The number of hydrogen-bond acceptors (Lipinski definition) is 3. The summed E-state index contributed by atoms with van der Waals surface area (Å²) in [5.41, 5.74) is 4.78. The molecule has 0 aliphatic carbocycles. The topological polar surface area (TPSA) is 56.4 Å². The molecule has 2 rings (SSSR count). The van der Waals surface area contributed by atoms with Crippen LogP contribution in [-0.4, -0.2) is 17.2 Å². The summed E-state index contributed by atoms with van der Waals surface area (Å²) in [7, 11) is -1.40. The molecule has 1 heterocycles. The number of benzene rings is 1. The van der Waals surface area contributed by atoms with Crippen molar-refractivity contribution in [3.05, 3.63) is 60.4 Å². The zero-order chi connectivity index (χ0) is 12.1. The molecule has 0 aliphatic rings. The van der Waals surface area contributed by atoms with E-state index in [1.165, 1.54) is 0 Å². The van der Waals surface area contributed by atoms with Gasteiger partial charge in [-0.1, -0.05) is 35.0 Å². The minimum absolute atomic E-state index is 0.501. The molecule has 0 saturated heterocycles. The number of aromatic nitrogens is 1. The number of rotatable bonds is 4. The largest absolute Gasteiger partial charge is 0.488 e. The van der Waals surface area contributed by atoms with Gasteiger partial charge in [0.2, 0.25) is 0 Å². The summed E-state index contributed by atoms with van der Waals surface area (Å²) in [5.74, 6) is 0. The summed E-state index contributed by atoms with van der Waals surface area (Å²) in [6.45, 7) is 0.677. The predicted molar refractivity (Wildman–Crippen MR) is 66.0 cm³/mol.